The zero-order chi connectivity index (χ0) is 15.7. The van der Waals surface area contributed by atoms with Gasteiger partial charge in [-0.1, -0.05) is 12.1 Å². The number of phenolic OH excluding ortho intramolecular Hbond substituents is 1. The van der Waals surface area contributed by atoms with Gasteiger partial charge in [0.25, 0.3) is 0 Å². The lowest BCUT2D eigenvalue weighted by molar-refractivity contribution is 0.0198. The van der Waals surface area contributed by atoms with Gasteiger partial charge in [0.2, 0.25) is 0 Å². The third-order valence-electron chi connectivity index (χ3n) is 3.84. The molecule has 1 aliphatic heterocycles. The van der Waals surface area contributed by atoms with Crippen molar-refractivity contribution in [3.05, 3.63) is 47.5 Å². The third-order valence-corrected chi connectivity index (χ3v) is 3.84. The van der Waals surface area contributed by atoms with Crippen LogP contribution in [0.5, 0.6) is 23.0 Å². The predicted octanol–water partition coefficient (Wildman–Crippen LogP) is 2.45. The van der Waals surface area contributed by atoms with Crippen LogP contribution in [0.25, 0.3) is 0 Å². The number of aliphatic hydroxyl groups is 1. The first-order valence-corrected chi connectivity index (χ1v) is 7.01. The number of ether oxygens (including phenoxy) is 3. The van der Waals surface area contributed by atoms with Gasteiger partial charge in [-0.05, 0) is 17.7 Å². The maximum Gasteiger partial charge on any atom is 0.150 e. The molecule has 0 aliphatic carbocycles. The molecule has 0 fully saturated rings. The van der Waals surface area contributed by atoms with E-state index in [0.29, 0.717) is 23.7 Å². The molecule has 22 heavy (non-hydrogen) atoms. The Morgan fingerprint density at radius 2 is 1.82 bits per heavy atom. The van der Waals surface area contributed by atoms with Gasteiger partial charge in [0.1, 0.15) is 29.1 Å². The van der Waals surface area contributed by atoms with Gasteiger partial charge in [-0.2, -0.15) is 0 Å². The van der Waals surface area contributed by atoms with Crippen molar-refractivity contribution in [2.75, 3.05) is 14.2 Å². The number of methoxy groups -OCH3 is 2. The van der Waals surface area contributed by atoms with Gasteiger partial charge >= 0.3 is 0 Å². The molecular weight excluding hydrogens is 284 g/mol. The fraction of sp³-hybridized carbons (Fsp3) is 0.294. The summed E-state index contributed by atoms with van der Waals surface area (Å²) in [5, 5.41) is 19.8. The van der Waals surface area contributed by atoms with Crippen LogP contribution in [0.4, 0.5) is 0 Å². The molecule has 0 spiro atoms. The van der Waals surface area contributed by atoms with Gasteiger partial charge < -0.3 is 24.4 Å². The Kier molecular flexibility index (Phi) is 3.81. The van der Waals surface area contributed by atoms with Crippen LogP contribution in [0, 0.1) is 0 Å². The SMILES string of the molecule is COc1cc(OC)c2c(c1)OC(c1ccc(O)cc1)C(O)C2. The highest BCUT2D eigenvalue weighted by Crippen LogP contribution is 2.42. The summed E-state index contributed by atoms with van der Waals surface area (Å²) in [6, 6.07) is 10.2. The molecule has 2 unspecified atom stereocenters. The Morgan fingerprint density at radius 3 is 2.45 bits per heavy atom. The van der Waals surface area contributed by atoms with Crippen molar-refractivity contribution in [3.63, 3.8) is 0 Å². The lowest BCUT2D eigenvalue weighted by Gasteiger charge is -2.32. The first-order chi connectivity index (χ1) is 10.6. The molecular formula is C17H18O5. The van der Waals surface area contributed by atoms with Crippen molar-refractivity contribution in [3.8, 4) is 23.0 Å². The van der Waals surface area contributed by atoms with Crippen molar-refractivity contribution >= 4 is 0 Å². The molecule has 0 amide bonds. The minimum atomic E-state index is -0.695. The van der Waals surface area contributed by atoms with Crippen molar-refractivity contribution in [2.24, 2.45) is 0 Å². The van der Waals surface area contributed by atoms with E-state index in [-0.39, 0.29) is 5.75 Å². The first kappa shape index (κ1) is 14.5. The molecule has 0 aromatic heterocycles. The minimum Gasteiger partial charge on any atom is -0.508 e. The molecule has 2 N–H and O–H groups in total. The van der Waals surface area contributed by atoms with E-state index in [9.17, 15) is 10.2 Å². The van der Waals surface area contributed by atoms with Crippen molar-refractivity contribution in [2.45, 2.75) is 18.6 Å². The average molecular weight is 302 g/mol. The summed E-state index contributed by atoms with van der Waals surface area (Å²) in [4.78, 5) is 0. The van der Waals surface area contributed by atoms with E-state index in [1.165, 1.54) is 0 Å². The topological polar surface area (TPSA) is 68.2 Å². The van der Waals surface area contributed by atoms with Gasteiger partial charge in [-0.25, -0.2) is 0 Å². The number of benzene rings is 2. The highest BCUT2D eigenvalue weighted by atomic mass is 16.5. The average Bonchev–Trinajstić information content (AvgIpc) is 2.54. The Hall–Kier alpha value is -2.40. The molecule has 1 heterocycles. The third kappa shape index (κ3) is 2.55. The standard InChI is InChI=1S/C17H18O5/c1-20-12-7-15(21-2)13-9-14(19)17(22-16(13)8-12)10-3-5-11(18)6-4-10/h3-8,14,17-19H,9H2,1-2H3. The van der Waals surface area contributed by atoms with Crippen LogP contribution in [0.1, 0.15) is 17.2 Å². The van der Waals surface area contributed by atoms with Gasteiger partial charge in [0, 0.05) is 24.1 Å². The number of aliphatic hydroxyl groups excluding tert-OH is 1. The summed E-state index contributed by atoms with van der Waals surface area (Å²) in [6.07, 6.45) is -0.766. The quantitative estimate of drug-likeness (QED) is 0.911. The summed E-state index contributed by atoms with van der Waals surface area (Å²) in [6.45, 7) is 0. The zero-order valence-corrected chi connectivity index (χ0v) is 12.4. The van der Waals surface area contributed by atoms with Crippen LogP contribution < -0.4 is 14.2 Å². The van der Waals surface area contributed by atoms with Gasteiger partial charge in [-0.3, -0.25) is 0 Å². The maximum atomic E-state index is 10.4. The van der Waals surface area contributed by atoms with E-state index in [4.69, 9.17) is 14.2 Å². The summed E-state index contributed by atoms with van der Waals surface area (Å²) < 4.78 is 16.6. The van der Waals surface area contributed by atoms with Crippen LogP contribution in [-0.4, -0.2) is 30.5 Å². The molecule has 2 atom stereocenters. The van der Waals surface area contributed by atoms with E-state index in [1.54, 1.807) is 50.6 Å². The van der Waals surface area contributed by atoms with Crippen molar-refractivity contribution in [1.29, 1.82) is 0 Å². The molecule has 0 bridgehead atoms. The van der Waals surface area contributed by atoms with Crippen molar-refractivity contribution < 1.29 is 24.4 Å². The maximum absolute atomic E-state index is 10.4. The summed E-state index contributed by atoms with van der Waals surface area (Å²) >= 11 is 0. The van der Waals surface area contributed by atoms with Crippen LogP contribution in [0.2, 0.25) is 0 Å². The summed E-state index contributed by atoms with van der Waals surface area (Å²) in [5.74, 6) is 2.09. The largest absolute Gasteiger partial charge is 0.508 e. The van der Waals surface area contributed by atoms with Gasteiger partial charge in [0.05, 0.1) is 20.3 Å². The Bertz CT molecular complexity index is 665. The van der Waals surface area contributed by atoms with Crippen LogP contribution in [0.15, 0.2) is 36.4 Å². The van der Waals surface area contributed by atoms with E-state index >= 15 is 0 Å². The van der Waals surface area contributed by atoms with Crippen LogP contribution in [0.3, 0.4) is 0 Å². The van der Waals surface area contributed by atoms with Crippen molar-refractivity contribution in [1.82, 2.24) is 0 Å². The zero-order valence-electron chi connectivity index (χ0n) is 12.4. The lowest BCUT2D eigenvalue weighted by atomic mass is 9.94. The number of aromatic hydroxyl groups is 1. The predicted molar refractivity (Wildman–Crippen MR) is 80.7 cm³/mol. The van der Waals surface area contributed by atoms with E-state index < -0.39 is 12.2 Å². The fourth-order valence-corrected chi connectivity index (χ4v) is 2.69. The second-order valence-electron chi connectivity index (χ2n) is 5.21. The molecule has 116 valence electrons. The highest BCUT2D eigenvalue weighted by molar-refractivity contribution is 5.52. The van der Waals surface area contributed by atoms with Crippen LogP contribution >= 0.6 is 0 Å². The molecule has 0 saturated carbocycles. The van der Waals surface area contributed by atoms with Crippen LogP contribution in [-0.2, 0) is 6.42 Å². The molecule has 0 radical (unpaired) electrons. The van der Waals surface area contributed by atoms with E-state index in [1.807, 2.05) is 0 Å². The molecule has 3 rings (SSSR count). The first-order valence-electron chi connectivity index (χ1n) is 7.01. The molecule has 0 saturated heterocycles. The minimum absolute atomic E-state index is 0.179. The summed E-state index contributed by atoms with van der Waals surface area (Å²) in [7, 11) is 3.16. The molecule has 2 aromatic rings. The second kappa shape index (κ2) is 5.77. The fourth-order valence-electron chi connectivity index (χ4n) is 2.69. The lowest BCUT2D eigenvalue weighted by Crippen LogP contribution is -2.30. The molecule has 1 aliphatic rings. The number of phenols is 1. The monoisotopic (exact) mass is 302 g/mol. The number of hydrogen-bond donors (Lipinski definition) is 2. The highest BCUT2D eigenvalue weighted by Gasteiger charge is 2.32. The Morgan fingerprint density at radius 1 is 1.09 bits per heavy atom. The van der Waals surface area contributed by atoms with E-state index in [0.717, 1.165) is 11.1 Å². The van der Waals surface area contributed by atoms with E-state index in [2.05, 4.69) is 0 Å². The second-order valence-corrected chi connectivity index (χ2v) is 5.21. The Labute approximate surface area is 128 Å². The number of hydrogen-bond acceptors (Lipinski definition) is 5. The van der Waals surface area contributed by atoms with Gasteiger partial charge in [0.15, 0.2) is 0 Å². The summed E-state index contributed by atoms with van der Waals surface area (Å²) in [5.41, 5.74) is 1.63. The Balaban J connectivity index is 1.98. The smallest absolute Gasteiger partial charge is 0.150 e. The van der Waals surface area contributed by atoms with Gasteiger partial charge in [-0.15, -0.1) is 0 Å². The normalized spacial score (nSPS) is 20.0. The number of rotatable bonds is 3. The molecule has 5 nitrogen and oxygen atoms in total. The number of fused-ring (bicyclic) bond motifs is 1. The molecule has 5 heteroatoms. The molecule has 2 aromatic carbocycles.